The van der Waals surface area contributed by atoms with Crippen LogP contribution in [0.5, 0.6) is 0 Å². The van der Waals surface area contributed by atoms with E-state index in [1.165, 1.54) is 40.9 Å². The van der Waals surface area contributed by atoms with Gasteiger partial charge in [0.15, 0.2) is 0 Å². The lowest BCUT2D eigenvalue weighted by molar-refractivity contribution is -0.117. The Morgan fingerprint density at radius 1 is 1.00 bits per heavy atom. The first-order valence-corrected chi connectivity index (χ1v) is 11.6. The molecule has 0 spiro atoms. The summed E-state index contributed by atoms with van der Waals surface area (Å²) in [5.41, 5.74) is 3.92. The number of carbonyl (C=O) groups excluding carboxylic acids is 2. The highest BCUT2D eigenvalue weighted by Crippen LogP contribution is 2.42. The Hall–Kier alpha value is -3.89. The van der Waals surface area contributed by atoms with Crippen molar-refractivity contribution in [2.45, 2.75) is 25.5 Å². The van der Waals surface area contributed by atoms with Crippen LogP contribution < -0.4 is 10.2 Å². The highest BCUT2D eigenvalue weighted by atomic mass is 32.2. The zero-order valence-electron chi connectivity index (χ0n) is 18.7. The molecule has 7 heteroatoms. The number of nitriles is 1. The Morgan fingerprint density at radius 3 is 2.18 bits per heavy atom. The number of aryl methyl sites for hydroxylation is 2. The highest BCUT2D eigenvalue weighted by molar-refractivity contribution is 8.05. The molecule has 0 saturated carbocycles. The molecule has 2 amide bonds. The predicted molar refractivity (Wildman–Crippen MR) is 133 cm³/mol. The van der Waals surface area contributed by atoms with Crippen LogP contribution in [0.15, 0.2) is 83.4 Å². The number of benzene rings is 3. The molecule has 1 aliphatic heterocycles. The van der Waals surface area contributed by atoms with Gasteiger partial charge in [0, 0.05) is 11.4 Å². The number of carbonyl (C=O) groups is 2. The minimum Gasteiger partial charge on any atom is -0.321 e. The normalized spacial score (nSPS) is 16.8. The maximum atomic E-state index is 13.5. The monoisotopic (exact) mass is 471 g/mol. The summed E-state index contributed by atoms with van der Waals surface area (Å²) in [6, 6.07) is 22.5. The molecule has 1 saturated heterocycles. The van der Waals surface area contributed by atoms with E-state index in [4.69, 9.17) is 0 Å². The van der Waals surface area contributed by atoms with Gasteiger partial charge in [-0.2, -0.15) is 5.26 Å². The Bertz CT molecular complexity index is 1290. The molecule has 170 valence electrons. The number of rotatable bonds is 5. The number of anilines is 2. The molecule has 3 aromatic rings. The number of amides is 2. The van der Waals surface area contributed by atoms with E-state index in [0.717, 1.165) is 16.7 Å². The number of hydrogen-bond donors (Lipinski definition) is 1. The molecule has 0 radical (unpaired) electrons. The average Bonchev–Trinajstić information content (AvgIpc) is 3.13. The van der Waals surface area contributed by atoms with E-state index in [1.807, 2.05) is 56.3 Å². The first-order chi connectivity index (χ1) is 16.4. The molecule has 0 aromatic heterocycles. The Balaban J connectivity index is 1.71. The standard InChI is InChI=1S/C27H22FN3O2S/c1-17-3-7-19(8-4-17)15-24-26(33)31(22-13-5-18(2)6-14-22)27(34-24)23(16-29)25(32)30-21-11-9-20(28)10-12-21/h3-14,24H,15H2,1-2H3,(H,30,32)/b27-23+/t24-/m0/s1. The van der Waals surface area contributed by atoms with Crippen molar-refractivity contribution in [1.29, 1.82) is 5.26 Å². The summed E-state index contributed by atoms with van der Waals surface area (Å²) in [6.07, 6.45) is 0.466. The Kier molecular flexibility index (Phi) is 6.80. The van der Waals surface area contributed by atoms with Gasteiger partial charge in [-0.3, -0.25) is 14.5 Å². The number of nitrogens with one attached hydrogen (secondary N) is 1. The molecule has 0 aliphatic carbocycles. The fraction of sp³-hybridized carbons (Fsp3) is 0.148. The average molecular weight is 472 g/mol. The SMILES string of the molecule is Cc1ccc(C[C@@H]2S/C(=C(\C#N)C(=O)Nc3ccc(F)cc3)N(c3ccc(C)cc3)C2=O)cc1. The third-order valence-electron chi connectivity index (χ3n) is 5.44. The van der Waals surface area contributed by atoms with Crippen LogP contribution in [-0.2, 0) is 16.0 Å². The fourth-order valence-corrected chi connectivity index (χ4v) is 4.89. The van der Waals surface area contributed by atoms with E-state index in [0.29, 0.717) is 17.8 Å². The first kappa shape index (κ1) is 23.3. The third-order valence-corrected chi connectivity index (χ3v) is 6.70. The summed E-state index contributed by atoms with van der Waals surface area (Å²) in [4.78, 5) is 28.0. The van der Waals surface area contributed by atoms with E-state index in [9.17, 15) is 19.2 Å². The molecule has 1 atom stereocenters. The van der Waals surface area contributed by atoms with Gasteiger partial charge < -0.3 is 5.32 Å². The maximum absolute atomic E-state index is 13.5. The summed E-state index contributed by atoms with van der Waals surface area (Å²) in [5, 5.41) is 12.3. The van der Waals surface area contributed by atoms with Gasteiger partial charge in [-0.15, -0.1) is 0 Å². The van der Waals surface area contributed by atoms with Crippen LogP contribution in [0.1, 0.15) is 16.7 Å². The molecule has 0 bridgehead atoms. The minimum atomic E-state index is -0.655. The lowest BCUT2D eigenvalue weighted by Gasteiger charge is -2.19. The second-order valence-electron chi connectivity index (χ2n) is 8.06. The third kappa shape index (κ3) is 5.03. The van der Waals surface area contributed by atoms with Crippen LogP contribution in [-0.4, -0.2) is 17.1 Å². The molecule has 34 heavy (non-hydrogen) atoms. The van der Waals surface area contributed by atoms with Gasteiger partial charge in [0.2, 0.25) is 5.91 Å². The molecule has 4 rings (SSSR count). The number of thioether (sulfide) groups is 1. The highest BCUT2D eigenvalue weighted by Gasteiger charge is 2.40. The van der Waals surface area contributed by atoms with Gasteiger partial charge in [0.25, 0.3) is 5.91 Å². The smallest absolute Gasteiger partial charge is 0.269 e. The summed E-state index contributed by atoms with van der Waals surface area (Å²) in [5.74, 6) is -1.28. The molecular weight excluding hydrogens is 449 g/mol. The van der Waals surface area contributed by atoms with Crippen LogP contribution >= 0.6 is 11.8 Å². The van der Waals surface area contributed by atoms with Gasteiger partial charge in [0.1, 0.15) is 22.5 Å². The molecule has 1 N–H and O–H groups in total. The quantitative estimate of drug-likeness (QED) is 0.394. The van der Waals surface area contributed by atoms with E-state index in [-0.39, 0.29) is 16.5 Å². The number of hydrogen-bond acceptors (Lipinski definition) is 4. The Labute approximate surface area is 201 Å². The summed E-state index contributed by atoms with van der Waals surface area (Å²) in [7, 11) is 0. The van der Waals surface area contributed by atoms with Crippen LogP contribution in [0.25, 0.3) is 0 Å². The predicted octanol–water partition coefficient (Wildman–Crippen LogP) is 5.51. The van der Waals surface area contributed by atoms with E-state index in [2.05, 4.69) is 5.32 Å². The van der Waals surface area contributed by atoms with Crippen LogP contribution in [0.3, 0.4) is 0 Å². The van der Waals surface area contributed by atoms with Crippen molar-refractivity contribution in [2.24, 2.45) is 0 Å². The molecule has 1 fully saturated rings. The van der Waals surface area contributed by atoms with E-state index >= 15 is 0 Å². The molecule has 1 aliphatic rings. The molecule has 0 unspecified atom stereocenters. The molecule has 3 aromatic carbocycles. The van der Waals surface area contributed by atoms with Crippen LogP contribution in [0.4, 0.5) is 15.8 Å². The van der Waals surface area contributed by atoms with E-state index < -0.39 is 17.0 Å². The van der Waals surface area contributed by atoms with Crippen molar-refractivity contribution in [1.82, 2.24) is 0 Å². The number of nitrogens with zero attached hydrogens (tertiary/aromatic N) is 2. The van der Waals surface area contributed by atoms with Gasteiger partial charge in [-0.05, 0) is 62.2 Å². The van der Waals surface area contributed by atoms with Crippen molar-refractivity contribution in [2.75, 3.05) is 10.2 Å². The van der Waals surface area contributed by atoms with Crippen molar-refractivity contribution in [3.05, 3.63) is 106 Å². The van der Waals surface area contributed by atoms with Gasteiger partial charge in [-0.1, -0.05) is 59.3 Å². The van der Waals surface area contributed by atoms with Crippen LogP contribution in [0, 0.1) is 31.0 Å². The van der Waals surface area contributed by atoms with Gasteiger partial charge in [-0.25, -0.2) is 4.39 Å². The zero-order valence-corrected chi connectivity index (χ0v) is 19.5. The molecular formula is C27H22FN3O2S. The van der Waals surface area contributed by atoms with Crippen molar-refractivity contribution >= 4 is 35.0 Å². The van der Waals surface area contributed by atoms with Crippen molar-refractivity contribution < 1.29 is 14.0 Å². The zero-order chi connectivity index (χ0) is 24.2. The molecule has 5 nitrogen and oxygen atoms in total. The summed E-state index contributed by atoms with van der Waals surface area (Å²) < 4.78 is 13.2. The lowest BCUT2D eigenvalue weighted by Crippen LogP contribution is -2.30. The summed E-state index contributed by atoms with van der Waals surface area (Å²) >= 11 is 1.21. The van der Waals surface area contributed by atoms with Crippen molar-refractivity contribution in [3.8, 4) is 6.07 Å². The lowest BCUT2D eigenvalue weighted by atomic mass is 10.1. The van der Waals surface area contributed by atoms with Gasteiger partial charge >= 0.3 is 0 Å². The van der Waals surface area contributed by atoms with Crippen molar-refractivity contribution in [3.63, 3.8) is 0 Å². The van der Waals surface area contributed by atoms with E-state index in [1.54, 1.807) is 12.1 Å². The Morgan fingerprint density at radius 2 is 1.59 bits per heavy atom. The maximum Gasteiger partial charge on any atom is 0.269 e. The minimum absolute atomic E-state index is 0.172. The van der Waals surface area contributed by atoms with Gasteiger partial charge in [0.05, 0.1) is 5.25 Å². The number of halogens is 1. The second kappa shape index (κ2) is 9.94. The molecule has 1 heterocycles. The summed E-state index contributed by atoms with van der Waals surface area (Å²) in [6.45, 7) is 3.94. The second-order valence-corrected chi connectivity index (χ2v) is 9.25. The fourth-order valence-electron chi connectivity index (χ4n) is 3.58. The largest absolute Gasteiger partial charge is 0.321 e. The van der Waals surface area contributed by atoms with Crippen LogP contribution in [0.2, 0.25) is 0 Å². The first-order valence-electron chi connectivity index (χ1n) is 10.7. The topological polar surface area (TPSA) is 73.2 Å².